The quantitative estimate of drug-likeness (QED) is 0.104. The van der Waals surface area contributed by atoms with Gasteiger partial charge in [0, 0.05) is 6.08 Å². The predicted octanol–water partition coefficient (Wildman–Crippen LogP) is 7.57. The van der Waals surface area contributed by atoms with E-state index < -0.39 is 11.4 Å². The molecule has 3 aromatic carbocycles. The second kappa shape index (κ2) is 13.7. The Hall–Kier alpha value is -4.06. The fourth-order valence-corrected chi connectivity index (χ4v) is 4.21. The molecule has 39 heavy (non-hydrogen) atoms. The molecule has 1 atom stereocenters. The molecule has 0 aromatic heterocycles. The molecule has 0 amide bonds. The molecule has 1 unspecified atom stereocenters. The van der Waals surface area contributed by atoms with Gasteiger partial charge in [0.25, 0.3) is 0 Å². The summed E-state index contributed by atoms with van der Waals surface area (Å²) < 4.78 is 21.6. The Kier molecular flexibility index (Phi) is 10.3. The lowest BCUT2D eigenvalue weighted by Gasteiger charge is -2.32. The average molecular weight is 531 g/mol. The summed E-state index contributed by atoms with van der Waals surface area (Å²) in [6, 6.07) is 22.2. The van der Waals surface area contributed by atoms with Gasteiger partial charge in [-0.05, 0) is 84.3 Å². The van der Waals surface area contributed by atoms with Crippen LogP contribution in [0.4, 0.5) is 0 Å². The Morgan fingerprint density at radius 1 is 0.795 bits per heavy atom. The van der Waals surface area contributed by atoms with E-state index in [0.29, 0.717) is 23.2 Å². The Balaban J connectivity index is 1.51. The predicted molar refractivity (Wildman–Crippen MR) is 154 cm³/mol. The first kappa shape index (κ1) is 29.5. The van der Waals surface area contributed by atoms with Crippen molar-refractivity contribution in [2.75, 3.05) is 13.9 Å². The Labute approximate surface area is 231 Å². The third kappa shape index (κ3) is 8.47. The summed E-state index contributed by atoms with van der Waals surface area (Å²) in [5.41, 5.74) is 2.36. The van der Waals surface area contributed by atoms with Crippen LogP contribution in [0.15, 0.2) is 78.9 Å². The van der Waals surface area contributed by atoms with Crippen molar-refractivity contribution in [1.82, 2.24) is 0 Å². The van der Waals surface area contributed by atoms with Crippen LogP contribution in [0.1, 0.15) is 46.6 Å². The van der Waals surface area contributed by atoms with Gasteiger partial charge in [-0.25, -0.2) is 4.79 Å². The van der Waals surface area contributed by atoms with Gasteiger partial charge >= 0.3 is 11.9 Å². The Morgan fingerprint density at radius 3 is 1.87 bits per heavy atom. The van der Waals surface area contributed by atoms with Crippen molar-refractivity contribution in [1.29, 1.82) is 0 Å². The van der Waals surface area contributed by atoms with E-state index in [0.717, 1.165) is 23.1 Å². The van der Waals surface area contributed by atoms with E-state index in [1.54, 1.807) is 37.5 Å². The minimum Gasteiger partial charge on any atom is -0.497 e. The van der Waals surface area contributed by atoms with Gasteiger partial charge in [-0.15, -0.1) is 0 Å². The SMILES string of the molecule is COc1ccc(OC(=O)C=Cc2ccc(-c3ccc(OCOC(=O)C(C)(CC(C)C)C(C)C)cc3)cc2)cc1. The first-order chi connectivity index (χ1) is 18.6. The van der Waals surface area contributed by atoms with Gasteiger partial charge in [0.1, 0.15) is 17.2 Å². The van der Waals surface area contributed by atoms with Crippen molar-refractivity contribution >= 4 is 18.0 Å². The molecule has 0 N–H and O–H groups in total. The van der Waals surface area contributed by atoms with E-state index in [2.05, 4.69) is 13.8 Å². The number of benzene rings is 3. The molecule has 0 radical (unpaired) electrons. The van der Waals surface area contributed by atoms with E-state index in [4.69, 9.17) is 18.9 Å². The third-order valence-corrected chi connectivity index (χ3v) is 6.78. The lowest BCUT2D eigenvalue weighted by molar-refractivity contribution is -0.165. The number of rotatable bonds is 12. The molecule has 0 aliphatic heterocycles. The number of carbonyl (C=O) groups is 2. The van der Waals surface area contributed by atoms with Gasteiger partial charge in [-0.3, -0.25) is 4.79 Å². The molecule has 0 spiro atoms. The van der Waals surface area contributed by atoms with E-state index in [-0.39, 0.29) is 18.7 Å². The standard InChI is InChI=1S/C33H38O6/c1-23(2)21-33(5,24(3)4)32(35)38-22-37-29-14-12-27(13-15-29)26-10-7-25(8-11-26)9-20-31(34)39-30-18-16-28(36-6)17-19-30/h7-20,23-24H,21-22H2,1-6H3. The minimum atomic E-state index is -0.542. The average Bonchev–Trinajstić information content (AvgIpc) is 2.92. The van der Waals surface area contributed by atoms with Crippen LogP contribution in [0.5, 0.6) is 17.2 Å². The number of hydrogen-bond donors (Lipinski definition) is 0. The first-order valence-electron chi connectivity index (χ1n) is 13.1. The molecule has 0 saturated heterocycles. The summed E-state index contributed by atoms with van der Waals surface area (Å²) in [5, 5.41) is 0. The summed E-state index contributed by atoms with van der Waals surface area (Å²) in [6.45, 7) is 10.1. The monoisotopic (exact) mass is 530 g/mol. The summed E-state index contributed by atoms with van der Waals surface area (Å²) in [5.74, 6) is 1.64. The summed E-state index contributed by atoms with van der Waals surface area (Å²) in [4.78, 5) is 24.9. The van der Waals surface area contributed by atoms with Crippen molar-refractivity contribution < 1.29 is 28.5 Å². The molecule has 6 nitrogen and oxygen atoms in total. The van der Waals surface area contributed by atoms with Crippen molar-refractivity contribution in [2.24, 2.45) is 17.3 Å². The molecule has 0 saturated carbocycles. The molecule has 206 valence electrons. The highest BCUT2D eigenvalue weighted by molar-refractivity contribution is 5.88. The van der Waals surface area contributed by atoms with Crippen LogP contribution in [0.2, 0.25) is 0 Å². The lowest BCUT2D eigenvalue weighted by atomic mass is 9.73. The zero-order valence-corrected chi connectivity index (χ0v) is 23.6. The molecule has 3 aromatic rings. The molecule has 0 fully saturated rings. The maximum Gasteiger partial charge on any atom is 0.336 e. The highest BCUT2D eigenvalue weighted by Gasteiger charge is 2.38. The zero-order valence-electron chi connectivity index (χ0n) is 23.6. The molecule has 0 aliphatic rings. The molecule has 3 rings (SSSR count). The maximum atomic E-state index is 12.7. The molecule has 0 aliphatic carbocycles. The van der Waals surface area contributed by atoms with Gasteiger partial charge < -0.3 is 18.9 Å². The lowest BCUT2D eigenvalue weighted by Crippen LogP contribution is -2.37. The van der Waals surface area contributed by atoms with Crippen LogP contribution in [0.3, 0.4) is 0 Å². The van der Waals surface area contributed by atoms with Crippen molar-refractivity contribution in [2.45, 2.75) is 41.0 Å². The van der Waals surface area contributed by atoms with Gasteiger partial charge in [0.2, 0.25) is 6.79 Å². The zero-order chi connectivity index (χ0) is 28.4. The highest BCUT2D eigenvalue weighted by Crippen LogP contribution is 2.35. The van der Waals surface area contributed by atoms with Crippen LogP contribution in [0, 0.1) is 17.3 Å². The normalized spacial score (nSPS) is 12.8. The number of ether oxygens (including phenoxy) is 4. The fourth-order valence-electron chi connectivity index (χ4n) is 4.21. The number of methoxy groups -OCH3 is 1. The van der Waals surface area contributed by atoms with Crippen molar-refractivity contribution in [3.8, 4) is 28.4 Å². The topological polar surface area (TPSA) is 71.1 Å². The van der Waals surface area contributed by atoms with E-state index in [1.165, 1.54) is 6.08 Å². The Morgan fingerprint density at radius 2 is 1.33 bits per heavy atom. The Bertz CT molecular complexity index is 1240. The van der Waals surface area contributed by atoms with Crippen LogP contribution in [0.25, 0.3) is 17.2 Å². The molecule has 0 bridgehead atoms. The highest BCUT2D eigenvalue weighted by atomic mass is 16.7. The van der Waals surface area contributed by atoms with Gasteiger partial charge in [0.15, 0.2) is 0 Å². The van der Waals surface area contributed by atoms with Crippen LogP contribution in [-0.2, 0) is 14.3 Å². The third-order valence-electron chi connectivity index (χ3n) is 6.78. The largest absolute Gasteiger partial charge is 0.497 e. The summed E-state index contributed by atoms with van der Waals surface area (Å²) in [7, 11) is 1.58. The van der Waals surface area contributed by atoms with E-state index in [9.17, 15) is 9.59 Å². The van der Waals surface area contributed by atoms with E-state index in [1.807, 2.05) is 69.3 Å². The van der Waals surface area contributed by atoms with Crippen molar-refractivity contribution in [3.05, 3.63) is 84.4 Å². The van der Waals surface area contributed by atoms with Crippen LogP contribution >= 0.6 is 0 Å². The molecule has 6 heteroatoms. The van der Waals surface area contributed by atoms with Crippen LogP contribution in [-0.4, -0.2) is 25.8 Å². The summed E-state index contributed by atoms with van der Waals surface area (Å²) >= 11 is 0. The second-order valence-corrected chi connectivity index (χ2v) is 10.4. The molecular weight excluding hydrogens is 492 g/mol. The fraction of sp³-hybridized carbons (Fsp3) is 0.333. The number of hydrogen-bond acceptors (Lipinski definition) is 6. The van der Waals surface area contributed by atoms with Crippen molar-refractivity contribution in [3.63, 3.8) is 0 Å². The molecular formula is C33H38O6. The molecule has 0 heterocycles. The van der Waals surface area contributed by atoms with E-state index >= 15 is 0 Å². The number of esters is 2. The van der Waals surface area contributed by atoms with Gasteiger partial charge in [0.05, 0.1) is 12.5 Å². The maximum absolute atomic E-state index is 12.7. The minimum absolute atomic E-state index is 0.124. The van der Waals surface area contributed by atoms with Gasteiger partial charge in [-0.2, -0.15) is 0 Å². The number of carbonyl (C=O) groups excluding carboxylic acids is 2. The smallest absolute Gasteiger partial charge is 0.336 e. The van der Waals surface area contributed by atoms with Gasteiger partial charge in [-0.1, -0.05) is 64.1 Å². The van der Waals surface area contributed by atoms with Crippen LogP contribution < -0.4 is 14.2 Å². The summed E-state index contributed by atoms with van der Waals surface area (Å²) in [6.07, 6.45) is 3.87. The second-order valence-electron chi connectivity index (χ2n) is 10.4. The first-order valence-corrected chi connectivity index (χ1v) is 13.1.